The molecule has 17 nitrogen and oxygen atoms in total. The van der Waals surface area contributed by atoms with E-state index in [9.17, 15) is 15.1 Å². The number of nitrogens with zero attached hydrogens (tertiary/aromatic N) is 3. The number of nitrogens with one attached hydrogen (secondary N) is 1. The Morgan fingerprint density at radius 1 is 0.682 bits per heavy atom. The molecule has 0 saturated carbocycles. The van der Waals surface area contributed by atoms with Gasteiger partial charge in [0.2, 0.25) is 12.2 Å². The van der Waals surface area contributed by atoms with E-state index in [1.807, 2.05) is 78.9 Å². The summed E-state index contributed by atoms with van der Waals surface area (Å²) in [6.45, 7) is 1.21. The molecule has 20 heteroatoms. The zero-order valence-corrected chi connectivity index (χ0v) is 38.3. The molecule has 4 unspecified atom stereocenters. The summed E-state index contributed by atoms with van der Waals surface area (Å²) < 4.78 is 65.1. The minimum absolute atomic E-state index is 0.0402. The number of azide groups is 1. The summed E-state index contributed by atoms with van der Waals surface area (Å²) >= 11 is 18.0. The van der Waals surface area contributed by atoms with E-state index in [1.165, 1.54) is 0 Å². The Morgan fingerprint density at radius 2 is 1.21 bits per heavy atom. The van der Waals surface area contributed by atoms with Gasteiger partial charge >= 0.3 is 11.9 Å². The van der Waals surface area contributed by atoms with Crippen LogP contribution in [0.3, 0.4) is 0 Å². The number of methoxy groups -OCH3 is 2. The number of hydrogen-bond acceptors (Lipinski definition) is 15. The average Bonchev–Trinajstić information content (AvgIpc) is 3.32. The average molecular weight is 972 g/mol. The summed E-state index contributed by atoms with van der Waals surface area (Å²) in [6.07, 6.45) is -12.8. The smallest absolute Gasteiger partial charge is 0.338 e. The lowest BCUT2D eigenvalue weighted by Gasteiger charge is -2.48. The Kier molecular flexibility index (Phi) is 18.8. The molecule has 2 aliphatic heterocycles. The molecule has 10 atom stereocenters. The molecule has 0 aliphatic carbocycles. The minimum atomic E-state index is -2.39. The molecule has 2 aliphatic rings. The van der Waals surface area contributed by atoms with Crippen LogP contribution in [0.25, 0.3) is 10.4 Å². The lowest BCUT2D eigenvalue weighted by atomic mass is 9.95. The maximum atomic E-state index is 13.8. The van der Waals surface area contributed by atoms with E-state index in [0.29, 0.717) is 11.3 Å². The topological polar surface area (TPSA) is 208 Å². The van der Waals surface area contributed by atoms with Crippen LogP contribution in [-0.2, 0) is 83.4 Å². The van der Waals surface area contributed by atoms with Crippen molar-refractivity contribution in [2.75, 3.05) is 20.8 Å². The van der Waals surface area contributed by atoms with Crippen LogP contribution in [0.4, 0.5) is 0 Å². The second kappa shape index (κ2) is 24.7. The van der Waals surface area contributed by atoms with E-state index in [2.05, 4.69) is 10.0 Å². The van der Waals surface area contributed by atoms with Crippen LogP contribution in [-0.4, -0.2) is 104 Å². The van der Waals surface area contributed by atoms with Crippen molar-refractivity contribution in [2.45, 2.75) is 98.5 Å². The summed E-state index contributed by atoms with van der Waals surface area (Å²) in [5.41, 5.74) is 13.3. The maximum Gasteiger partial charge on any atom is 0.338 e. The monoisotopic (exact) mass is 970 g/mol. The van der Waals surface area contributed by atoms with E-state index < -0.39 is 83.0 Å². The Hall–Kier alpha value is -5.01. The fourth-order valence-corrected chi connectivity index (χ4v) is 7.37. The van der Waals surface area contributed by atoms with Crippen molar-refractivity contribution in [3.8, 4) is 5.75 Å². The van der Waals surface area contributed by atoms with Gasteiger partial charge in [-0.1, -0.05) is 143 Å². The normalized spacial score (nSPS) is 25.2. The maximum absolute atomic E-state index is 13.8. The van der Waals surface area contributed by atoms with Crippen molar-refractivity contribution in [1.29, 1.82) is 5.41 Å². The molecule has 0 spiro atoms. The number of ether oxygens (including phenoxy) is 11. The van der Waals surface area contributed by atoms with Gasteiger partial charge in [0, 0.05) is 11.8 Å². The van der Waals surface area contributed by atoms with Crippen LogP contribution >= 0.6 is 34.8 Å². The Labute approximate surface area is 396 Å². The number of halogens is 3. The van der Waals surface area contributed by atoms with Gasteiger partial charge < -0.3 is 52.1 Å². The first-order valence-corrected chi connectivity index (χ1v) is 21.8. The van der Waals surface area contributed by atoms with Crippen molar-refractivity contribution in [2.24, 2.45) is 5.11 Å². The summed E-state index contributed by atoms with van der Waals surface area (Å²) in [5, 5.41) is 12.5. The lowest BCUT2D eigenvalue weighted by Crippen LogP contribution is -2.67. The fourth-order valence-electron chi connectivity index (χ4n) is 7.23. The van der Waals surface area contributed by atoms with E-state index in [0.717, 1.165) is 30.7 Å². The first kappa shape index (κ1) is 50.4. The van der Waals surface area contributed by atoms with Crippen LogP contribution in [0.15, 0.2) is 120 Å². The Bertz CT molecular complexity index is 2210. The molecule has 4 aromatic carbocycles. The van der Waals surface area contributed by atoms with Gasteiger partial charge in [0.15, 0.2) is 18.5 Å². The second-order valence-electron chi connectivity index (χ2n) is 15.0. The standard InChI is InChI=1S/C46H49Cl3N4O13/c1-28(54)62-41-38(61-25-31-17-11-6-12-18-31)39(40(42(55)57-3)65-44(41)66-45(50)46(47,48)49)64-43-35(52-53-51)37(60-24-30-15-9-5-10-16-30)36(59-26-32-19-21-33(56-2)22-20-32)34(63-43)27-58-23-29-13-7-4-8-14-29/h4-22,34-41,43-44,50H,23-27H2,1-3H3/t34?,35?,36-,37+,38?,39+,40-,41?,43-,44-/m1/s1. The SMILES string of the molecule is COC(=O)[C@@H]1O[C@H](OC(=N)C(Cl)(Cl)Cl)C(OC(C)=O)C(OCc2ccccc2)[C@@H]1O[C@H]1OC(COCc2ccccc2)[C@@H](OCc2ccc(OC)cc2)[C@@H](OCc2ccccc2)C1N=[N+]=[N-]. The number of alkyl halides is 3. The lowest BCUT2D eigenvalue weighted by molar-refractivity contribution is -0.343. The molecular formula is C46H49Cl3N4O13. The van der Waals surface area contributed by atoms with Gasteiger partial charge in [-0.3, -0.25) is 10.2 Å². The highest BCUT2D eigenvalue weighted by Gasteiger charge is 2.57. The van der Waals surface area contributed by atoms with Crippen molar-refractivity contribution < 1.29 is 61.7 Å². The molecule has 2 saturated heterocycles. The third-order valence-electron chi connectivity index (χ3n) is 10.4. The third-order valence-corrected chi connectivity index (χ3v) is 10.9. The van der Waals surface area contributed by atoms with Crippen molar-refractivity contribution in [3.63, 3.8) is 0 Å². The molecule has 0 bridgehead atoms. The number of hydrogen-bond donors (Lipinski definition) is 1. The van der Waals surface area contributed by atoms with Gasteiger partial charge in [-0.25, -0.2) is 4.79 Å². The summed E-state index contributed by atoms with van der Waals surface area (Å²) in [7, 11) is 2.68. The summed E-state index contributed by atoms with van der Waals surface area (Å²) in [4.78, 5) is 29.8. The van der Waals surface area contributed by atoms with Gasteiger partial charge in [0.25, 0.3) is 3.79 Å². The molecule has 0 radical (unpaired) electrons. The molecular weight excluding hydrogens is 923 g/mol. The third kappa shape index (κ3) is 14.0. The van der Waals surface area contributed by atoms with Gasteiger partial charge in [-0.15, -0.1) is 0 Å². The molecule has 2 heterocycles. The van der Waals surface area contributed by atoms with Crippen molar-refractivity contribution in [1.82, 2.24) is 0 Å². The van der Waals surface area contributed by atoms with Gasteiger partial charge in [-0.2, -0.15) is 0 Å². The Balaban J connectivity index is 1.42. The van der Waals surface area contributed by atoms with Gasteiger partial charge in [-0.05, 0) is 39.9 Å². The molecule has 0 aromatic heterocycles. The highest BCUT2D eigenvalue weighted by atomic mass is 35.6. The van der Waals surface area contributed by atoms with Crippen LogP contribution in [0.2, 0.25) is 0 Å². The largest absolute Gasteiger partial charge is 0.497 e. The molecule has 352 valence electrons. The number of benzene rings is 4. The van der Waals surface area contributed by atoms with E-state index in [4.69, 9.17) is 92.3 Å². The number of carbonyl (C=O) groups is 2. The predicted octanol–water partition coefficient (Wildman–Crippen LogP) is 7.95. The zero-order valence-electron chi connectivity index (χ0n) is 36.1. The van der Waals surface area contributed by atoms with Crippen molar-refractivity contribution >= 4 is 52.6 Å². The van der Waals surface area contributed by atoms with E-state index in [1.54, 1.807) is 43.5 Å². The van der Waals surface area contributed by atoms with Crippen LogP contribution in [0, 0.1) is 5.41 Å². The van der Waals surface area contributed by atoms with Gasteiger partial charge in [0.05, 0.1) is 47.3 Å². The molecule has 2 fully saturated rings. The fraction of sp³-hybridized carbons (Fsp3) is 0.413. The number of carbonyl (C=O) groups excluding carboxylic acids is 2. The summed E-state index contributed by atoms with van der Waals surface area (Å²) in [5.74, 6) is -2.10. The highest BCUT2D eigenvalue weighted by Crippen LogP contribution is 2.38. The molecule has 0 amide bonds. The molecule has 6 rings (SSSR count). The van der Waals surface area contributed by atoms with E-state index >= 15 is 0 Å². The molecule has 4 aromatic rings. The highest BCUT2D eigenvalue weighted by molar-refractivity contribution is 6.76. The van der Waals surface area contributed by atoms with Crippen LogP contribution in [0.5, 0.6) is 5.75 Å². The minimum Gasteiger partial charge on any atom is -0.497 e. The quantitative estimate of drug-likeness (QED) is 0.0170. The second-order valence-corrected chi connectivity index (χ2v) is 17.2. The molecule has 66 heavy (non-hydrogen) atoms. The summed E-state index contributed by atoms with van der Waals surface area (Å²) in [6, 6.07) is 33.7. The Morgan fingerprint density at radius 3 is 1.73 bits per heavy atom. The van der Waals surface area contributed by atoms with Gasteiger partial charge in [0.1, 0.15) is 42.3 Å². The van der Waals surface area contributed by atoms with Crippen LogP contribution < -0.4 is 4.74 Å². The first-order valence-electron chi connectivity index (χ1n) is 20.6. The predicted molar refractivity (Wildman–Crippen MR) is 240 cm³/mol. The number of esters is 2. The zero-order chi connectivity index (χ0) is 47.1. The molecule has 1 N–H and O–H groups in total. The van der Waals surface area contributed by atoms with Crippen LogP contribution in [0.1, 0.15) is 29.2 Å². The van der Waals surface area contributed by atoms with E-state index in [-0.39, 0.29) is 33.0 Å². The first-order chi connectivity index (χ1) is 31.9. The van der Waals surface area contributed by atoms with Crippen molar-refractivity contribution in [3.05, 3.63) is 148 Å². The number of rotatable bonds is 20.